The molecule has 0 bridgehead atoms. The molecule has 0 amide bonds. The summed E-state index contributed by atoms with van der Waals surface area (Å²) in [6, 6.07) is 15.9. The topological polar surface area (TPSA) is 80.3 Å². The minimum absolute atomic E-state index is 0.0805. The van der Waals surface area contributed by atoms with Crippen molar-refractivity contribution < 1.29 is 16.8 Å². The van der Waals surface area contributed by atoms with Crippen LogP contribution in [-0.4, -0.2) is 16.8 Å². The number of rotatable bonds is 5. The molecule has 0 atom stereocenters. The molecule has 0 saturated carbocycles. The average molecular weight is 456 g/mol. The van der Waals surface area contributed by atoms with Crippen LogP contribution in [0.25, 0.3) is 0 Å². The second-order valence-electron chi connectivity index (χ2n) is 6.03. The van der Waals surface area contributed by atoms with Gasteiger partial charge in [-0.25, -0.2) is 16.8 Å². The third-order valence-corrected chi connectivity index (χ3v) is 7.76. The zero-order valence-corrected chi connectivity index (χ0v) is 17.7. The summed E-state index contributed by atoms with van der Waals surface area (Å²) in [6.07, 6.45) is 0. The van der Waals surface area contributed by atoms with Gasteiger partial charge in [0, 0.05) is 5.69 Å². The van der Waals surface area contributed by atoms with Crippen LogP contribution in [0.1, 0.15) is 5.56 Å². The Bertz CT molecular complexity index is 1260. The number of benzene rings is 3. The number of aryl methyl sites for hydroxylation is 1. The maximum Gasteiger partial charge on any atom is 0.261 e. The molecule has 1 N–H and O–H groups in total. The van der Waals surface area contributed by atoms with Crippen molar-refractivity contribution in [1.82, 2.24) is 0 Å². The van der Waals surface area contributed by atoms with E-state index in [4.69, 9.17) is 23.2 Å². The summed E-state index contributed by atoms with van der Waals surface area (Å²) in [4.78, 5) is -0.420. The maximum atomic E-state index is 12.9. The van der Waals surface area contributed by atoms with Gasteiger partial charge in [0.1, 0.15) is 0 Å². The molecule has 3 rings (SSSR count). The summed E-state index contributed by atoms with van der Waals surface area (Å²) in [7, 11) is -7.95. The molecule has 0 saturated heterocycles. The van der Waals surface area contributed by atoms with E-state index in [1.807, 2.05) is 13.0 Å². The number of nitrogens with one attached hydrogen (secondary N) is 1. The van der Waals surface area contributed by atoms with Gasteiger partial charge in [-0.2, -0.15) is 0 Å². The van der Waals surface area contributed by atoms with Gasteiger partial charge in [0.15, 0.2) is 0 Å². The van der Waals surface area contributed by atoms with Crippen LogP contribution in [0.5, 0.6) is 0 Å². The summed E-state index contributed by atoms with van der Waals surface area (Å²) < 4.78 is 53.5. The molecule has 0 spiro atoms. The van der Waals surface area contributed by atoms with E-state index in [0.717, 1.165) is 11.6 Å². The van der Waals surface area contributed by atoms with Crippen LogP contribution in [0.2, 0.25) is 10.0 Å². The van der Waals surface area contributed by atoms with Crippen molar-refractivity contribution in [2.24, 2.45) is 0 Å². The Morgan fingerprint density at radius 1 is 0.714 bits per heavy atom. The third kappa shape index (κ3) is 4.33. The van der Waals surface area contributed by atoms with E-state index in [-0.39, 0.29) is 24.7 Å². The minimum atomic E-state index is -3.98. The van der Waals surface area contributed by atoms with Gasteiger partial charge in [-0.15, -0.1) is 0 Å². The van der Waals surface area contributed by atoms with Crippen LogP contribution >= 0.6 is 23.2 Å². The second-order valence-corrected chi connectivity index (χ2v) is 10.5. The summed E-state index contributed by atoms with van der Waals surface area (Å²) in [5.41, 5.74) is 1.27. The van der Waals surface area contributed by atoms with Crippen LogP contribution in [0.4, 0.5) is 5.69 Å². The normalized spacial score (nSPS) is 12.0. The molecule has 0 aromatic heterocycles. The minimum Gasteiger partial charge on any atom is -0.280 e. The third-order valence-electron chi connectivity index (χ3n) is 3.90. The van der Waals surface area contributed by atoms with Crippen molar-refractivity contribution in [3.05, 3.63) is 82.3 Å². The Balaban J connectivity index is 2.00. The van der Waals surface area contributed by atoms with E-state index in [2.05, 4.69) is 4.72 Å². The number of hydrogen-bond donors (Lipinski definition) is 1. The van der Waals surface area contributed by atoms with Crippen LogP contribution in [0.3, 0.4) is 0 Å². The fourth-order valence-corrected chi connectivity index (χ4v) is 5.38. The standard InChI is InChI=1S/C19H15Cl2NO4S2/c1-13-4-2-5-14(10-13)22-28(25,26)17-7-3-6-15(11-17)27(23,24)16-8-9-18(20)19(21)12-16/h2-12,22H,1H3. The van der Waals surface area contributed by atoms with Crippen molar-refractivity contribution in [2.45, 2.75) is 21.6 Å². The van der Waals surface area contributed by atoms with E-state index < -0.39 is 19.9 Å². The number of sulfone groups is 1. The van der Waals surface area contributed by atoms with E-state index in [1.165, 1.54) is 36.4 Å². The lowest BCUT2D eigenvalue weighted by molar-refractivity contribution is 0.595. The van der Waals surface area contributed by atoms with Gasteiger partial charge >= 0.3 is 0 Å². The quantitative estimate of drug-likeness (QED) is 0.590. The van der Waals surface area contributed by atoms with Crippen LogP contribution < -0.4 is 4.72 Å². The molecule has 0 unspecified atom stereocenters. The molecule has 0 aliphatic heterocycles. The number of halogens is 2. The fourth-order valence-electron chi connectivity index (χ4n) is 2.51. The van der Waals surface area contributed by atoms with Crippen molar-refractivity contribution in [3.8, 4) is 0 Å². The predicted octanol–water partition coefficient (Wildman–Crippen LogP) is 4.94. The van der Waals surface area contributed by atoms with E-state index in [1.54, 1.807) is 18.2 Å². The largest absolute Gasteiger partial charge is 0.280 e. The summed E-state index contributed by atoms with van der Waals surface area (Å²) >= 11 is 11.7. The summed E-state index contributed by atoms with van der Waals surface area (Å²) in [6.45, 7) is 1.84. The summed E-state index contributed by atoms with van der Waals surface area (Å²) in [5.74, 6) is 0. The lowest BCUT2D eigenvalue weighted by Crippen LogP contribution is -2.14. The van der Waals surface area contributed by atoms with Crippen LogP contribution in [-0.2, 0) is 19.9 Å². The molecule has 5 nitrogen and oxygen atoms in total. The molecule has 146 valence electrons. The highest BCUT2D eigenvalue weighted by Crippen LogP contribution is 2.29. The van der Waals surface area contributed by atoms with Crippen LogP contribution in [0.15, 0.2) is 81.4 Å². The smallest absolute Gasteiger partial charge is 0.261 e. The molecule has 0 radical (unpaired) electrons. The first-order chi connectivity index (χ1) is 13.1. The van der Waals surface area contributed by atoms with Gasteiger partial charge in [-0.1, -0.05) is 41.4 Å². The van der Waals surface area contributed by atoms with Crippen LogP contribution in [0, 0.1) is 6.92 Å². The van der Waals surface area contributed by atoms with Crippen molar-refractivity contribution >= 4 is 48.7 Å². The predicted molar refractivity (Wildman–Crippen MR) is 110 cm³/mol. The second kappa shape index (κ2) is 7.75. The van der Waals surface area contributed by atoms with Gasteiger partial charge < -0.3 is 0 Å². The first-order valence-corrected chi connectivity index (χ1v) is 11.7. The lowest BCUT2D eigenvalue weighted by Gasteiger charge is -2.11. The average Bonchev–Trinajstić information content (AvgIpc) is 2.63. The number of anilines is 1. The molecule has 0 heterocycles. The molecule has 3 aromatic carbocycles. The Labute approximate surface area is 173 Å². The highest BCUT2D eigenvalue weighted by Gasteiger charge is 2.22. The van der Waals surface area contributed by atoms with Crippen molar-refractivity contribution in [3.63, 3.8) is 0 Å². The lowest BCUT2D eigenvalue weighted by atomic mass is 10.2. The van der Waals surface area contributed by atoms with E-state index in [9.17, 15) is 16.8 Å². The van der Waals surface area contributed by atoms with Gasteiger partial charge in [0.2, 0.25) is 9.84 Å². The Morgan fingerprint density at radius 3 is 2.04 bits per heavy atom. The summed E-state index contributed by atoms with van der Waals surface area (Å²) in [5, 5.41) is 0.312. The Morgan fingerprint density at radius 2 is 1.36 bits per heavy atom. The molecular formula is C19H15Cl2NO4S2. The first kappa shape index (κ1) is 20.7. The first-order valence-electron chi connectivity index (χ1n) is 7.99. The highest BCUT2D eigenvalue weighted by atomic mass is 35.5. The maximum absolute atomic E-state index is 12.9. The monoisotopic (exact) mass is 455 g/mol. The molecule has 0 aliphatic carbocycles. The van der Waals surface area contributed by atoms with E-state index >= 15 is 0 Å². The van der Waals surface area contributed by atoms with Crippen molar-refractivity contribution in [1.29, 1.82) is 0 Å². The van der Waals surface area contributed by atoms with Gasteiger partial charge in [-0.3, -0.25) is 4.72 Å². The molecule has 9 heteroatoms. The SMILES string of the molecule is Cc1cccc(NS(=O)(=O)c2cccc(S(=O)(=O)c3ccc(Cl)c(Cl)c3)c2)c1. The molecule has 0 fully saturated rings. The van der Waals surface area contributed by atoms with E-state index in [0.29, 0.717) is 5.69 Å². The van der Waals surface area contributed by atoms with Gasteiger partial charge in [-0.05, 0) is 61.0 Å². The zero-order valence-electron chi connectivity index (χ0n) is 14.6. The molecule has 0 aliphatic rings. The zero-order chi connectivity index (χ0) is 20.5. The Kier molecular flexibility index (Phi) is 5.72. The molecular weight excluding hydrogens is 441 g/mol. The number of hydrogen-bond acceptors (Lipinski definition) is 4. The van der Waals surface area contributed by atoms with Gasteiger partial charge in [0.05, 0.1) is 24.7 Å². The van der Waals surface area contributed by atoms with Gasteiger partial charge in [0.25, 0.3) is 10.0 Å². The fraction of sp³-hybridized carbons (Fsp3) is 0.0526. The number of sulfonamides is 1. The van der Waals surface area contributed by atoms with Crippen molar-refractivity contribution in [2.75, 3.05) is 4.72 Å². The molecule has 28 heavy (non-hydrogen) atoms. The Hall–Kier alpha value is -2.06. The highest BCUT2D eigenvalue weighted by molar-refractivity contribution is 7.93. The molecule has 3 aromatic rings.